The van der Waals surface area contributed by atoms with E-state index in [9.17, 15) is 9.00 Å². The van der Waals surface area contributed by atoms with Crippen molar-refractivity contribution in [3.63, 3.8) is 0 Å². The minimum Gasteiger partial charge on any atom is -0.486 e. The Morgan fingerprint density at radius 3 is 2.42 bits per heavy atom. The summed E-state index contributed by atoms with van der Waals surface area (Å²) in [4.78, 5) is 20.4. The molecular weight excluding hydrogens is 487 g/mol. The van der Waals surface area contributed by atoms with Crippen LogP contribution in [0.5, 0.6) is 5.75 Å². The Bertz CT molecular complexity index is 1310. The molecule has 12 heteroatoms. The van der Waals surface area contributed by atoms with Gasteiger partial charge in [-0.3, -0.25) is 15.2 Å². The first kappa shape index (κ1) is 24.4. The fraction of sp³-hybridized carbons (Fsp3) is 0.143. The van der Waals surface area contributed by atoms with E-state index in [1.165, 1.54) is 49.1 Å². The van der Waals surface area contributed by atoms with E-state index in [-0.39, 0.29) is 22.0 Å². The summed E-state index contributed by atoms with van der Waals surface area (Å²) in [5, 5.41) is 11.6. The van der Waals surface area contributed by atoms with Crippen molar-refractivity contribution in [1.29, 1.82) is 10.2 Å². The molecule has 172 valence electrons. The van der Waals surface area contributed by atoms with Crippen LogP contribution in [0.2, 0.25) is 10.0 Å². The normalized spacial score (nSPS) is 13.6. The van der Waals surface area contributed by atoms with Crippen molar-refractivity contribution >= 4 is 55.9 Å². The van der Waals surface area contributed by atoms with Gasteiger partial charge in [0.05, 0.1) is 31.7 Å². The van der Waals surface area contributed by atoms with Crippen LogP contribution in [0.3, 0.4) is 0 Å². The number of hydrogen-bond acceptors (Lipinski definition) is 8. The lowest BCUT2D eigenvalue weighted by Crippen LogP contribution is -2.24. The van der Waals surface area contributed by atoms with E-state index >= 15 is 0 Å². The number of aromatic nitrogens is 2. The Morgan fingerprint density at radius 2 is 1.85 bits per heavy atom. The van der Waals surface area contributed by atoms with Gasteiger partial charge in [0, 0.05) is 35.5 Å². The summed E-state index contributed by atoms with van der Waals surface area (Å²) in [5.41, 5.74) is 6.80. The zero-order valence-corrected chi connectivity index (χ0v) is 19.9. The van der Waals surface area contributed by atoms with E-state index in [0.717, 1.165) is 0 Å². The molecule has 3 aromatic rings. The molecule has 2 unspecified atom stereocenters. The van der Waals surface area contributed by atoms with E-state index < -0.39 is 27.5 Å². The van der Waals surface area contributed by atoms with Crippen LogP contribution in [-0.4, -0.2) is 32.1 Å². The third kappa shape index (κ3) is 5.78. The molecule has 0 radical (unpaired) electrons. The van der Waals surface area contributed by atoms with Gasteiger partial charge in [0.25, 0.3) is 5.91 Å². The quantitative estimate of drug-likeness (QED) is 0.272. The van der Waals surface area contributed by atoms with Gasteiger partial charge in [-0.2, -0.15) is 0 Å². The lowest BCUT2D eigenvalue weighted by molar-refractivity contribution is -0.110. The zero-order valence-electron chi connectivity index (χ0n) is 17.6. The van der Waals surface area contributed by atoms with Crippen molar-refractivity contribution in [2.75, 3.05) is 17.3 Å². The highest BCUT2D eigenvalue weighted by Gasteiger charge is 2.19. The van der Waals surface area contributed by atoms with Crippen LogP contribution in [0, 0.1) is 10.2 Å². The first-order valence-corrected chi connectivity index (χ1v) is 12.1. The molecule has 1 amide bonds. The average Bonchev–Trinajstić information content (AvgIpc) is 2.74. The fourth-order valence-corrected chi connectivity index (χ4v) is 4.15. The Balaban J connectivity index is 1.78. The van der Waals surface area contributed by atoms with Crippen molar-refractivity contribution in [3.05, 3.63) is 70.1 Å². The number of ether oxygens (including phenoxy) is 1. The van der Waals surface area contributed by atoms with Gasteiger partial charge in [-0.05, 0) is 37.3 Å². The molecule has 9 nitrogen and oxygen atoms in total. The van der Waals surface area contributed by atoms with Crippen molar-refractivity contribution in [3.8, 4) is 5.75 Å². The topological polar surface area (TPSA) is 155 Å². The predicted molar refractivity (Wildman–Crippen MR) is 129 cm³/mol. The number of halogens is 2. The molecule has 0 aliphatic carbocycles. The molecule has 2 atom stereocenters. The lowest BCUT2D eigenvalue weighted by atomic mass is 10.1. The van der Waals surface area contributed by atoms with E-state index in [4.69, 9.17) is 43.9 Å². The number of benzene rings is 1. The molecule has 0 bridgehead atoms. The van der Waals surface area contributed by atoms with Crippen LogP contribution in [0.15, 0.2) is 53.9 Å². The molecule has 0 aliphatic heterocycles. The van der Waals surface area contributed by atoms with Crippen LogP contribution in [0.1, 0.15) is 24.2 Å². The maximum atomic E-state index is 12.6. The number of rotatable bonds is 7. The molecule has 0 saturated heterocycles. The Kier molecular flexibility index (Phi) is 7.21. The highest BCUT2D eigenvalue weighted by Crippen LogP contribution is 2.33. The number of nitrogen functional groups attached to an aromatic ring is 1. The molecule has 0 spiro atoms. The van der Waals surface area contributed by atoms with E-state index in [0.29, 0.717) is 21.4 Å². The molecule has 1 aromatic carbocycles. The van der Waals surface area contributed by atoms with Gasteiger partial charge in [-0.15, -0.1) is 0 Å². The molecule has 5 N–H and O–H groups in total. The van der Waals surface area contributed by atoms with Crippen LogP contribution >= 0.6 is 23.2 Å². The van der Waals surface area contributed by atoms with Crippen molar-refractivity contribution in [1.82, 2.24) is 9.97 Å². The van der Waals surface area contributed by atoms with Crippen LogP contribution in [-0.2, 0) is 14.5 Å². The summed E-state index contributed by atoms with van der Waals surface area (Å²) in [6.45, 7) is 1.75. The van der Waals surface area contributed by atoms with E-state index in [1.54, 1.807) is 13.0 Å². The third-order valence-electron chi connectivity index (χ3n) is 4.52. The minimum atomic E-state index is -2.97. The Labute approximate surface area is 200 Å². The maximum absolute atomic E-state index is 12.6. The number of nitrogens with zero attached hydrogens (tertiary/aromatic N) is 2. The highest BCUT2D eigenvalue weighted by molar-refractivity contribution is 7.91. The standard InChI is InChI=1S/C21H20Cl2N6O3S/c1-11(19-15(22)9-27-10-16(19)23)32-13-4-5-17(24)14(7-13)20(25)21(30)29-12-3-6-18(28-8-12)33(2,26)31/h3-11,25-26H,24H2,1-2H3,(H,29,30). The minimum absolute atomic E-state index is 0.0909. The SMILES string of the molecule is CC(Oc1ccc(N)c(C(=N)C(=O)Nc2ccc(S(C)(=N)=O)nc2)c1)c1c(Cl)cncc1Cl. The smallest absolute Gasteiger partial charge is 0.274 e. The highest BCUT2D eigenvalue weighted by atomic mass is 35.5. The summed E-state index contributed by atoms with van der Waals surface area (Å²) in [7, 11) is -2.97. The summed E-state index contributed by atoms with van der Waals surface area (Å²) in [6.07, 6.45) is 4.90. The van der Waals surface area contributed by atoms with Crippen LogP contribution in [0.4, 0.5) is 11.4 Å². The van der Waals surface area contributed by atoms with E-state index in [1.807, 2.05) is 0 Å². The second-order valence-electron chi connectivity index (χ2n) is 7.08. The number of amides is 1. The Morgan fingerprint density at radius 1 is 1.18 bits per heavy atom. The largest absolute Gasteiger partial charge is 0.486 e. The first-order chi connectivity index (χ1) is 15.5. The molecule has 0 fully saturated rings. The molecule has 0 saturated carbocycles. The Hall–Kier alpha value is -3.21. The predicted octanol–water partition coefficient (Wildman–Crippen LogP) is 4.55. The van der Waals surface area contributed by atoms with E-state index in [2.05, 4.69) is 15.3 Å². The number of carbonyl (C=O) groups is 1. The first-order valence-electron chi connectivity index (χ1n) is 9.42. The number of anilines is 2. The zero-order chi connectivity index (χ0) is 24.3. The summed E-state index contributed by atoms with van der Waals surface area (Å²) >= 11 is 12.4. The third-order valence-corrected chi connectivity index (χ3v) is 6.17. The van der Waals surface area contributed by atoms with Crippen molar-refractivity contribution in [2.45, 2.75) is 18.1 Å². The van der Waals surface area contributed by atoms with Gasteiger partial charge >= 0.3 is 0 Å². The second-order valence-corrected chi connectivity index (χ2v) is 10.0. The maximum Gasteiger partial charge on any atom is 0.274 e. The van der Waals surface area contributed by atoms with Gasteiger partial charge in [0.15, 0.2) is 0 Å². The second kappa shape index (κ2) is 9.74. The molecule has 33 heavy (non-hydrogen) atoms. The van der Waals surface area contributed by atoms with Crippen molar-refractivity contribution in [2.24, 2.45) is 0 Å². The number of nitrogens with two attached hydrogens (primary N) is 1. The van der Waals surface area contributed by atoms with Crippen LogP contribution < -0.4 is 15.8 Å². The number of hydrogen-bond donors (Lipinski definition) is 4. The van der Waals surface area contributed by atoms with Crippen LogP contribution in [0.25, 0.3) is 0 Å². The molecule has 0 aliphatic rings. The number of pyridine rings is 2. The molecule has 3 rings (SSSR count). The molecular formula is C21H20Cl2N6O3S. The van der Waals surface area contributed by atoms with Gasteiger partial charge in [-0.25, -0.2) is 14.0 Å². The average molecular weight is 507 g/mol. The van der Waals surface area contributed by atoms with Gasteiger partial charge in [0.1, 0.15) is 22.6 Å². The van der Waals surface area contributed by atoms with Gasteiger partial charge in [-0.1, -0.05) is 23.2 Å². The summed E-state index contributed by atoms with van der Waals surface area (Å²) in [6, 6.07) is 7.45. The summed E-state index contributed by atoms with van der Waals surface area (Å²) in [5.74, 6) is -0.378. The summed E-state index contributed by atoms with van der Waals surface area (Å²) < 4.78 is 25.2. The fourth-order valence-electron chi connectivity index (χ4n) is 2.90. The molecule has 2 aromatic heterocycles. The monoisotopic (exact) mass is 506 g/mol. The lowest BCUT2D eigenvalue weighted by Gasteiger charge is -2.18. The molecule has 2 heterocycles. The van der Waals surface area contributed by atoms with Crippen molar-refractivity contribution < 1.29 is 13.7 Å². The number of carbonyl (C=O) groups excluding carboxylic acids is 1. The number of nitrogens with one attached hydrogen (secondary N) is 3. The van der Waals surface area contributed by atoms with Gasteiger partial charge in [0.2, 0.25) is 0 Å². The van der Waals surface area contributed by atoms with Gasteiger partial charge < -0.3 is 15.8 Å².